The summed E-state index contributed by atoms with van der Waals surface area (Å²) in [4.78, 5) is 11.4. The zero-order valence-electron chi connectivity index (χ0n) is 13.0. The molecule has 0 radical (unpaired) electrons. The second-order valence-electron chi connectivity index (χ2n) is 5.51. The number of hydrogen-bond donors (Lipinski definition) is 1. The number of ether oxygens (including phenoxy) is 1. The second kappa shape index (κ2) is 5.60. The van der Waals surface area contributed by atoms with Gasteiger partial charge < -0.3 is 9.64 Å². The van der Waals surface area contributed by atoms with E-state index in [1.165, 1.54) is 12.8 Å². The molecule has 2 aliphatic rings. The van der Waals surface area contributed by atoms with E-state index in [1.807, 2.05) is 27.0 Å². The summed E-state index contributed by atoms with van der Waals surface area (Å²) < 4.78 is 5.69. The van der Waals surface area contributed by atoms with Crippen molar-refractivity contribution in [3.05, 3.63) is 12.0 Å². The smallest absolute Gasteiger partial charge is 0.161 e. The maximum Gasteiger partial charge on any atom is 0.161 e. The minimum Gasteiger partial charge on any atom is -0.379 e. The number of fused-ring (bicyclic) bond motifs is 1. The van der Waals surface area contributed by atoms with E-state index in [1.54, 1.807) is 0 Å². The largest absolute Gasteiger partial charge is 0.379 e. The molecule has 6 heteroatoms. The Morgan fingerprint density at radius 2 is 2.14 bits per heavy atom. The van der Waals surface area contributed by atoms with Crippen molar-refractivity contribution < 1.29 is 4.74 Å². The van der Waals surface area contributed by atoms with Crippen LogP contribution >= 0.6 is 0 Å². The van der Waals surface area contributed by atoms with E-state index in [-0.39, 0.29) is 5.54 Å². The Morgan fingerprint density at radius 1 is 1.29 bits per heavy atom. The molecule has 1 N–H and O–H groups in total. The highest BCUT2D eigenvalue weighted by Gasteiger charge is 2.47. The summed E-state index contributed by atoms with van der Waals surface area (Å²) in [6.45, 7) is 8.67. The number of rotatable bonds is 1. The molecule has 0 aliphatic carbocycles. The van der Waals surface area contributed by atoms with Gasteiger partial charge in [-0.3, -0.25) is 5.10 Å². The number of anilines is 1. The van der Waals surface area contributed by atoms with E-state index >= 15 is 0 Å². The van der Waals surface area contributed by atoms with Crippen molar-refractivity contribution in [2.45, 2.75) is 45.6 Å². The summed E-state index contributed by atoms with van der Waals surface area (Å²) in [7, 11) is 0. The number of aryl methyl sites for hydroxylation is 1. The Kier molecular flexibility index (Phi) is 3.80. The Morgan fingerprint density at radius 3 is 2.81 bits per heavy atom. The van der Waals surface area contributed by atoms with Crippen molar-refractivity contribution in [1.29, 1.82) is 0 Å². The van der Waals surface area contributed by atoms with E-state index in [4.69, 9.17) is 4.74 Å². The fourth-order valence-corrected chi connectivity index (χ4v) is 3.25. The molecule has 114 valence electrons. The van der Waals surface area contributed by atoms with Gasteiger partial charge in [0, 0.05) is 13.2 Å². The van der Waals surface area contributed by atoms with Gasteiger partial charge in [-0.2, -0.15) is 5.10 Å². The quantitative estimate of drug-likeness (QED) is 0.873. The molecule has 4 heterocycles. The first-order chi connectivity index (χ1) is 10.3. The number of nitrogens with one attached hydrogen (secondary N) is 1. The normalized spacial score (nSPS) is 24.6. The summed E-state index contributed by atoms with van der Waals surface area (Å²) >= 11 is 0. The fraction of sp³-hybridized carbons (Fsp3) is 0.667. The van der Waals surface area contributed by atoms with E-state index < -0.39 is 0 Å². The van der Waals surface area contributed by atoms with Crippen molar-refractivity contribution in [2.75, 3.05) is 24.7 Å². The van der Waals surface area contributed by atoms with Crippen LogP contribution in [0.4, 0.5) is 5.82 Å². The monoisotopic (exact) mass is 289 g/mol. The molecule has 0 bridgehead atoms. The first kappa shape index (κ1) is 14.3. The van der Waals surface area contributed by atoms with E-state index in [0.717, 1.165) is 48.9 Å². The SMILES string of the molecule is CC.Cc1nc(N2CCC23CCCOC3)c2cn[nH]c2n1. The third kappa shape index (κ3) is 2.27. The highest BCUT2D eigenvalue weighted by atomic mass is 16.5. The molecule has 0 amide bonds. The predicted molar refractivity (Wildman–Crippen MR) is 82.5 cm³/mol. The van der Waals surface area contributed by atoms with Crippen LogP contribution in [0.2, 0.25) is 0 Å². The molecule has 0 saturated carbocycles. The highest BCUT2D eigenvalue weighted by Crippen LogP contribution is 2.42. The lowest BCUT2D eigenvalue weighted by Crippen LogP contribution is -2.64. The Hall–Kier alpha value is -1.69. The molecule has 2 aromatic rings. The van der Waals surface area contributed by atoms with Gasteiger partial charge in [-0.05, 0) is 26.2 Å². The van der Waals surface area contributed by atoms with Crippen LogP contribution in [0.15, 0.2) is 6.20 Å². The zero-order valence-corrected chi connectivity index (χ0v) is 13.0. The summed E-state index contributed by atoms with van der Waals surface area (Å²) in [6, 6.07) is 0. The Balaban J connectivity index is 0.000000636. The number of hydrogen-bond acceptors (Lipinski definition) is 5. The van der Waals surface area contributed by atoms with Gasteiger partial charge in [-0.25, -0.2) is 9.97 Å². The Labute approximate surface area is 124 Å². The molecule has 4 rings (SSSR count). The molecule has 2 saturated heterocycles. The topological polar surface area (TPSA) is 66.9 Å². The van der Waals surface area contributed by atoms with Crippen LogP contribution in [0.25, 0.3) is 11.0 Å². The van der Waals surface area contributed by atoms with Crippen LogP contribution in [-0.4, -0.2) is 45.5 Å². The summed E-state index contributed by atoms with van der Waals surface area (Å²) in [5, 5.41) is 8.04. The van der Waals surface area contributed by atoms with E-state index in [9.17, 15) is 0 Å². The van der Waals surface area contributed by atoms with Gasteiger partial charge in [-0.15, -0.1) is 0 Å². The van der Waals surface area contributed by atoms with Gasteiger partial charge >= 0.3 is 0 Å². The average Bonchev–Trinajstić information content (AvgIpc) is 2.97. The molecule has 2 aliphatic heterocycles. The average molecular weight is 289 g/mol. The third-order valence-corrected chi connectivity index (χ3v) is 4.33. The van der Waals surface area contributed by atoms with Gasteiger partial charge in [0.05, 0.1) is 23.7 Å². The lowest BCUT2D eigenvalue weighted by molar-refractivity contribution is 0.00941. The van der Waals surface area contributed by atoms with Gasteiger partial charge in [-0.1, -0.05) is 13.8 Å². The van der Waals surface area contributed by atoms with Crippen LogP contribution in [-0.2, 0) is 4.74 Å². The van der Waals surface area contributed by atoms with Crippen LogP contribution in [0.5, 0.6) is 0 Å². The van der Waals surface area contributed by atoms with Crippen LogP contribution in [0.3, 0.4) is 0 Å². The third-order valence-electron chi connectivity index (χ3n) is 4.33. The lowest BCUT2D eigenvalue weighted by atomic mass is 9.80. The van der Waals surface area contributed by atoms with Crippen molar-refractivity contribution in [3.8, 4) is 0 Å². The van der Waals surface area contributed by atoms with Gasteiger partial charge in [0.15, 0.2) is 5.65 Å². The molecule has 6 nitrogen and oxygen atoms in total. The minimum atomic E-state index is 0.156. The van der Waals surface area contributed by atoms with Crippen LogP contribution in [0.1, 0.15) is 38.9 Å². The minimum absolute atomic E-state index is 0.156. The maximum atomic E-state index is 5.69. The number of H-pyrrole nitrogens is 1. The number of aromatic nitrogens is 4. The standard InChI is InChI=1S/C13H17N5O.C2H6/c1-9-15-11-10(7-14-17-11)12(16-9)18-5-4-13(18)3-2-6-19-8-13;1-2/h7H,2-6,8H2,1H3,(H,14,15,16,17);1-2H3. The zero-order chi connectivity index (χ0) is 14.9. The first-order valence-corrected chi connectivity index (χ1v) is 7.82. The van der Waals surface area contributed by atoms with Gasteiger partial charge in [0.1, 0.15) is 11.6 Å². The molecule has 1 spiro atoms. The van der Waals surface area contributed by atoms with E-state index in [2.05, 4.69) is 25.1 Å². The van der Waals surface area contributed by atoms with Crippen LogP contribution in [0, 0.1) is 6.92 Å². The number of aromatic amines is 1. The predicted octanol–water partition coefficient (Wildman–Crippen LogP) is 2.45. The molecule has 2 fully saturated rings. The molecule has 0 aromatic carbocycles. The van der Waals surface area contributed by atoms with Crippen molar-refractivity contribution in [1.82, 2.24) is 20.2 Å². The summed E-state index contributed by atoms with van der Waals surface area (Å²) in [5.74, 6) is 1.79. The molecule has 1 atom stereocenters. The van der Waals surface area contributed by atoms with Crippen molar-refractivity contribution in [2.24, 2.45) is 0 Å². The first-order valence-electron chi connectivity index (χ1n) is 7.82. The van der Waals surface area contributed by atoms with Gasteiger partial charge in [0.2, 0.25) is 0 Å². The molecular weight excluding hydrogens is 266 g/mol. The molecule has 2 aromatic heterocycles. The highest BCUT2D eigenvalue weighted by molar-refractivity contribution is 5.87. The summed E-state index contributed by atoms with van der Waals surface area (Å²) in [6.07, 6.45) is 5.33. The molecular formula is C15H23N5O. The fourth-order valence-electron chi connectivity index (χ4n) is 3.25. The molecule has 1 unspecified atom stereocenters. The van der Waals surface area contributed by atoms with Crippen molar-refractivity contribution >= 4 is 16.9 Å². The maximum absolute atomic E-state index is 5.69. The Bertz CT molecular complexity index is 618. The molecule has 21 heavy (non-hydrogen) atoms. The second-order valence-corrected chi connectivity index (χ2v) is 5.51. The van der Waals surface area contributed by atoms with Crippen molar-refractivity contribution in [3.63, 3.8) is 0 Å². The van der Waals surface area contributed by atoms with E-state index in [0.29, 0.717) is 0 Å². The van der Waals surface area contributed by atoms with Crippen LogP contribution < -0.4 is 4.90 Å². The van der Waals surface area contributed by atoms with Gasteiger partial charge in [0.25, 0.3) is 0 Å². The summed E-state index contributed by atoms with van der Waals surface area (Å²) in [5.41, 5.74) is 0.977. The lowest BCUT2D eigenvalue weighted by Gasteiger charge is -2.55. The number of nitrogens with zero attached hydrogens (tertiary/aromatic N) is 4.